The molecule has 3 heteroatoms. The second-order valence-corrected chi connectivity index (χ2v) is 3.85. The van der Waals surface area contributed by atoms with Gasteiger partial charge >= 0.3 is 0 Å². The van der Waals surface area contributed by atoms with Crippen molar-refractivity contribution < 1.29 is 4.79 Å². The van der Waals surface area contributed by atoms with Gasteiger partial charge in [0.2, 0.25) is 5.91 Å². The van der Waals surface area contributed by atoms with Gasteiger partial charge in [-0.05, 0) is 19.8 Å². The number of carbonyl (C=O) groups is 1. The highest BCUT2D eigenvalue weighted by Gasteiger charge is 2.18. The molecule has 1 unspecified atom stereocenters. The molecule has 2 N–H and O–H groups in total. The van der Waals surface area contributed by atoms with Crippen molar-refractivity contribution in [3.05, 3.63) is 0 Å². The lowest BCUT2D eigenvalue weighted by Crippen LogP contribution is -2.44. The summed E-state index contributed by atoms with van der Waals surface area (Å²) in [6, 6.07) is -0.371. The Balaban J connectivity index is 4.20. The summed E-state index contributed by atoms with van der Waals surface area (Å²) in [7, 11) is 0. The summed E-state index contributed by atoms with van der Waals surface area (Å²) < 4.78 is 0. The first-order chi connectivity index (χ1) is 6.56. The largest absolute Gasteiger partial charge is 0.341 e. The van der Waals surface area contributed by atoms with Crippen molar-refractivity contribution in [2.75, 3.05) is 13.1 Å². The minimum atomic E-state index is -0.371. The summed E-state index contributed by atoms with van der Waals surface area (Å²) in [6.45, 7) is 9.69. The normalized spacial score (nSPS) is 13.0. The summed E-state index contributed by atoms with van der Waals surface area (Å²) in [5.74, 6) is 0.678. The smallest absolute Gasteiger partial charge is 0.239 e. The molecule has 0 saturated carbocycles. The zero-order chi connectivity index (χ0) is 11.1. The number of likely N-dealkylation sites (N-methyl/N-ethyl adjacent to an activating group) is 1. The van der Waals surface area contributed by atoms with Crippen LogP contribution < -0.4 is 5.73 Å². The van der Waals surface area contributed by atoms with Gasteiger partial charge in [0, 0.05) is 13.1 Å². The van der Waals surface area contributed by atoms with E-state index in [2.05, 4.69) is 13.8 Å². The summed E-state index contributed by atoms with van der Waals surface area (Å²) in [5.41, 5.74) is 5.58. The Morgan fingerprint density at radius 2 is 1.79 bits per heavy atom. The highest BCUT2D eigenvalue weighted by molar-refractivity contribution is 5.81. The average molecular weight is 200 g/mol. The SMILES string of the molecule is CCC(CC)CN(CC)C(=O)C(C)N. The minimum absolute atomic E-state index is 0.0689. The van der Waals surface area contributed by atoms with E-state index >= 15 is 0 Å². The molecule has 0 aliphatic heterocycles. The Bertz CT molecular complexity index is 165. The fourth-order valence-corrected chi connectivity index (χ4v) is 1.52. The van der Waals surface area contributed by atoms with Crippen molar-refractivity contribution in [2.45, 2.75) is 46.6 Å². The van der Waals surface area contributed by atoms with Crippen molar-refractivity contribution in [3.8, 4) is 0 Å². The molecule has 0 fully saturated rings. The molecule has 0 rings (SSSR count). The molecule has 0 spiro atoms. The van der Waals surface area contributed by atoms with Crippen LogP contribution in [0.3, 0.4) is 0 Å². The van der Waals surface area contributed by atoms with Gasteiger partial charge in [0.15, 0.2) is 0 Å². The van der Waals surface area contributed by atoms with Crippen LogP contribution in [0.5, 0.6) is 0 Å². The molecule has 14 heavy (non-hydrogen) atoms. The van der Waals surface area contributed by atoms with Gasteiger partial charge in [-0.3, -0.25) is 4.79 Å². The maximum atomic E-state index is 11.6. The summed E-state index contributed by atoms with van der Waals surface area (Å²) in [4.78, 5) is 13.5. The van der Waals surface area contributed by atoms with Gasteiger partial charge < -0.3 is 10.6 Å². The molecule has 0 aliphatic rings. The van der Waals surface area contributed by atoms with Crippen LogP contribution in [0, 0.1) is 5.92 Å². The average Bonchev–Trinajstić information content (AvgIpc) is 2.19. The molecule has 0 radical (unpaired) electrons. The third-order valence-electron chi connectivity index (χ3n) is 2.72. The monoisotopic (exact) mass is 200 g/mol. The zero-order valence-corrected chi connectivity index (χ0v) is 9.92. The fraction of sp³-hybridized carbons (Fsp3) is 0.909. The van der Waals surface area contributed by atoms with Crippen molar-refractivity contribution in [3.63, 3.8) is 0 Å². The first-order valence-electron chi connectivity index (χ1n) is 5.61. The van der Waals surface area contributed by atoms with E-state index in [4.69, 9.17) is 5.73 Å². The van der Waals surface area contributed by atoms with Crippen LogP contribution in [0.4, 0.5) is 0 Å². The Labute approximate surface area is 87.6 Å². The molecule has 1 atom stereocenters. The molecule has 84 valence electrons. The minimum Gasteiger partial charge on any atom is -0.341 e. The lowest BCUT2D eigenvalue weighted by Gasteiger charge is -2.26. The lowest BCUT2D eigenvalue weighted by atomic mass is 10.0. The highest BCUT2D eigenvalue weighted by atomic mass is 16.2. The van der Waals surface area contributed by atoms with E-state index in [9.17, 15) is 4.79 Å². The predicted octanol–water partition coefficient (Wildman–Crippen LogP) is 1.62. The number of hydrogen-bond acceptors (Lipinski definition) is 2. The van der Waals surface area contributed by atoms with E-state index in [-0.39, 0.29) is 11.9 Å². The maximum absolute atomic E-state index is 11.6. The number of hydrogen-bond donors (Lipinski definition) is 1. The second-order valence-electron chi connectivity index (χ2n) is 3.85. The third-order valence-corrected chi connectivity index (χ3v) is 2.72. The van der Waals surface area contributed by atoms with Crippen molar-refractivity contribution in [1.29, 1.82) is 0 Å². The Kier molecular flexibility index (Phi) is 6.54. The van der Waals surface area contributed by atoms with Gasteiger partial charge in [0.05, 0.1) is 6.04 Å². The number of amides is 1. The van der Waals surface area contributed by atoms with Crippen LogP contribution >= 0.6 is 0 Å². The second kappa shape index (κ2) is 6.82. The van der Waals surface area contributed by atoms with Crippen LogP contribution in [0.1, 0.15) is 40.5 Å². The van der Waals surface area contributed by atoms with Crippen molar-refractivity contribution in [1.82, 2.24) is 4.90 Å². The van der Waals surface area contributed by atoms with E-state index in [1.807, 2.05) is 11.8 Å². The molecule has 0 heterocycles. The van der Waals surface area contributed by atoms with Crippen LogP contribution in [0.25, 0.3) is 0 Å². The third kappa shape index (κ3) is 4.09. The van der Waals surface area contributed by atoms with Crippen LogP contribution in [-0.4, -0.2) is 29.9 Å². The van der Waals surface area contributed by atoms with Gasteiger partial charge in [-0.1, -0.05) is 26.7 Å². The van der Waals surface area contributed by atoms with E-state index in [0.29, 0.717) is 5.92 Å². The Morgan fingerprint density at radius 1 is 1.29 bits per heavy atom. The van der Waals surface area contributed by atoms with Gasteiger partial charge in [0.25, 0.3) is 0 Å². The molecule has 0 aliphatic carbocycles. The fourth-order valence-electron chi connectivity index (χ4n) is 1.52. The molecular weight excluding hydrogens is 176 g/mol. The molecule has 0 saturated heterocycles. The first kappa shape index (κ1) is 13.4. The van der Waals surface area contributed by atoms with Crippen molar-refractivity contribution >= 4 is 5.91 Å². The van der Waals surface area contributed by atoms with Gasteiger partial charge in [-0.2, -0.15) is 0 Å². The number of carbonyl (C=O) groups excluding carboxylic acids is 1. The Hall–Kier alpha value is -0.570. The van der Waals surface area contributed by atoms with Crippen LogP contribution in [-0.2, 0) is 4.79 Å². The van der Waals surface area contributed by atoms with Gasteiger partial charge in [0.1, 0.15) is 0 Å². The first-order valence-corrected chi connectivity index (χ1v) is 5.61. The van der Waals surface area contributed by atoms with E-state index in [0.717, 1.165) is 25.9 Å². The molecule has 3 nitrogen and oxygen atoms in total. The van der Waals surface area contributed by atoms with E-state index in [1.165, 1.54) is 0 Å². The zero-order valence-electron chi connectivity index (χ0n) is 9.92. The van der Waals surface area contributed by atoms with E-state index in [1.54, 1.807) is 6.92 Å². The maximum Gasteiger partial charge on any atom is 0.239 e. The standard InChI is InChI=1S/C11H24N2O/c1-5-10(6-2)8-13(7-3)11(14)9(4)12/h9-10H,5-8,12H2,1-4H3. The summed E-state index contributed by atoms with van der Waals surface area (Å²) in [5, 5.41) is 0. The Morgan fingerprint density at radius 3 is 2.07 bits per heavy atom. The number of nitrogens with zero attached hydrogens (tertiary/aromatic N) is 1. The van der Waals surface area contributed by atoms with Crippen molar-refractivity contribution in [2.24, 2.45) is 11.7 Å². The lowest BCUT2D eigenvalue weighted by molar-refractivity contribution is -0.132. The molecule has 0 bridgehead atoms. The summed E-state index contributed by atoms with van der Waals surface area (Å²) in [6.07, 6.45) is 2.25. The van der Waals surface area contributed by atoms with Gasteiger partial charge in [-0.25, -0.2) is 0 Å². The molecule has 1 amide bonds. The van der Waals surface area contributed by atoms with E-state index < -0.39 is 0 Å². The summed E-state index contributed by atoms with van der Waals surface area (Å²) >= 11 is 0. The predicted molar refractivity (Wildman–Crippen MR) is 60.0 cm³/mol. The molecule has 0 aromatic carbocycles. The van der Waals surface area contributed by atoms with Gasteiger partial charge in [-0.15, -0.1) is 0 Å². The number of nitrogens with two attached hydrogens (primary N) is 1. The quantitative estimate of drug-likeness (QED) is 0.708. The topological polar surface area (TPSA) is 46.3 Å². The molecule has 0 aromatic rings. The van der Waals surface area contributed by atoms with Crippen LogP contribution in [0.15, 0.2) is 0 Å². The molecule has 0 aromatic heterocycles. The number of rotatable bonds is 6. The highest BCUT2D eigenvalue weighted by Crippen LogP contribution is 2.10. The van der Waals surface area contributed by atoms with Crippen LogP contribution in [0.2, 0.25) is 0 Å². The molecular formula is C11H24N2O.